The molecular formula is C20H21ClN2O3. The number of benzene rings is 2. The molecule has 1 aliphatic rings. The highest BCUT2D eigenvalue weighted by atomic mass is 35.5. The topological polar surface area (TPSA) is 67.4 Å². The Morgan fingerprint density at radius 1 is 0.962 bits per heavy atom. The fraction of sp³-hybridized carbons (Fsp3) is 0.300. The molecule has 2 N–H and O–H groups in total. The quantitative estimate of drug-likeness (QED) is 0.768. The van der Waals surface area contributed by atoms with Crippen LogP contribution in [0.15, 0.2) is 36.4 Å². The van der Waals surface area contributed by atoms with Crippen molar-refractivity contribution in [3.05, 3.63) is 52.5 Å². The molecule has 0 bridgehead atoms. The van der Waals surface area contributed by atoms with Gasteiger partial charge in [-0.15, -0.1) is 0 Å². The van der Waals surface area contributed by atoms with E-state index in [0.717, 1.165) is 11.1 Å². The minimum atomic E-state index is -1.02. The van der Waals surface area contributed by atoms with Crippen molar-refractivity contribution in [1.82, 2.24) is 0 Å². The summed E-state index contributed by atoms with van der Waals surface area (Å²) in [5, 5.41) is 6.06. The van der Waals surface area contributed by atoms with Crippen molar-refractivity contribution in [2.24, 2.45) is 5.41 Å². The molecule has 0 heterocycles. The lowest BCUT2D eigenvalue weighted by Gasteiger charge is -2.16. The van der Waals surface area contributed by atoms with Gasteiger partial charge in [0.15, 0.2) is 0 Å². The molecule has 0 spiro atoms. The van der Waals surface area contributed by atoms with Gasteiger partial charge in [-0.25, -0.2) is 0 Å². The number of carbonyl (C=O) groups excluding carboxylic acids is 2. The van der Waals surface area contributed by atoms with Gasteiger partial charge in [0, 0.05) is 11.4 Å². The Kier molecular flexibility index (Phi) is 4.92. The number of carbonyl (C=O) groups is 2. The number of hydrogen-bond donors (Lipinski definition) is 2. The molecule has 1 fully saturated rings. The van der Waals surface area contributed by atoms with Crippen LogP contribution in [0.25, 0.3) is 0 Å². The molecule has 0 saturated heterocycles. The van der Waals surface area contributed by atoms with E-state index in [4.69, 9.17) is 16.3 Å². The Morgan fingerprint density at radius 2 is 1.54 bits per heavy atom. The molecule has 0 radical (unpaired) electrons. The first-order valence-electron chi connectivity index (χ1n) is 8.39. The van der Waals surface area contributed by atoms with Gasteiger partial charge >= 0.3 is 0 Å². The van der Waals surface area contributed by atoms with E-state index in [9.17, 15) is 9.59 Å². The molecule has 6 heteroatoms. The SMILES string of the molecule is COc1ccc(NC(=O)C2(C(=O)Nc3cc(C)cc(C)c3)CC2)cc1Cl. The predicted octanol–water partition coefficient (Wildman–Crippen LogP) is 4.32. The van der Waals surface area contributed by atoms with E-state index in [1.54, 1.807) is 18.2 Å². The average molecular weight is 373 g/mol. The molecule has 1 saturated carbocycles. The summed E-state index contributed by atoms with van der Waals surface area (Å²) >= 11 is 6.09. The second-order valence-electron chi connectivity index (χ2n) is 6.72. The van der Waals surface area contributed by atoms with E-state index in [0.29, 0.717) is 35.0 Å². The van der Waals surface area contributed by atoms with Crippen LogP contribution >= 0.6 is 11.6 Å². The first kappa shape index (κ1) is 18.3. The third-order valence-corrected chi connectivity index (χ3v) is 4.80. The van der Waals surface area contributed by atoms with Crippen LogP contribution < -0.4 is 15.4 Å². The zero-order valence-electron chi connectivity index (χ0n) is 15.0. The monoisotopic (exact) mass is 372 g/mol. The zero-order chi connectivity index (χ0) is 18.9. The highest BCUT2D eigenvalue weighted by molar-refractivity contribution is 6.32. The largest absolute Gasteiger partial charge is 0.495 e. The second-order valence-corrected chi connectivity index (χ2v) is 7.12. The van der Waals surface area contributed by atoms with E-state index in [1.807, 2.05) is 32.0 Å². The van der Waals surface area contributed by atoms with Crippen LogP contribution in [-0.2, 0) is 9.59 Å². The number of methoxy groups -OCH3 is 1. The summed E-state index contributed by atoms with van der Waals surface area (Å²) < 4.78 is 5.10. The van der Waals surface area contributed by atoms with Crippen LogP contribution in [-0.4, -0.2) is 18.9 Å². The van der Waals surface area contributed by atoms with E-state index >= 15 is 0 Å². The Bertz CT molecular complexity index is 855. The minimum Gasteiger partial charge on any atom is -0.495 e. The third kappa shape index (κ3) is 3.68. The van der Waals surface area contributed by atoms with E-state index < -0.39 is 5.41 Å². The second kappa shape index (κ2) is 7.00. The summed E-state index contributed by atoms with van der Waals surface area (Å²) in [6.07, 6.45) is 1.05. The summed E-state index contributed by atoms with van der Waals surface area (Å²) in [5.41, 5.74) is 2.33. The van der Waals surface area contributed by atoms with Crippen LogP contribution in [0.4, 0.5) is 11.4 Å². The normalized spacial score (nSPS) is 14.5. The average Bonchev–Trinajstić information content (AvgIpc) is 3.36. The number of hydrogen-bond acceptors (Lipinski definition) is 3. The van der Waals surface area contributed by atoms with Crippen molar-refractivity contribution in [1.29, 1.82) is 0 Å². The van der Waals surface area contributed by atoms with Gasteiger partial charge in [-0.1, -0.05) is 17.7 Å². The molecule has 3 rings (SSSR count). The molecule has 136 valence electrons. The minimum absolute atomic E-state index is 0.278. The molecule has 0 atom stereocenters. The summed E-state index contributed by atoms with van der Waals surface area (Å²) in [6, 6.07) is 10.8. The molecule has 5 nitrogen and oxygen atoms in total. The van der Waals surface area contributed by atoms with E-state index in [2.05, 4.69) is 10.6 Å². The molecule has 1 aliphatic carbocycles. The smallest absolute Gasteiger partial charge is 0.240 e. The number of anilines is 2. The van der Waals surface area contributed by atoms with Gasteiger partial charge < -0.3 is 15.4 Å². The summed E-state index contributed by atoms with van der Waals surface area (Å²) in [4.78, 5) is 25.4. The third-order valence-electron chi connectivity index (χ3n) is 4.51. The van der Waals surface area contributed by atoms with Crippen molar-refractivity contribution in [2.45, 2.75) is 26.7 Å². The highest BCUT2D eigenvalue weighted by Gasteiger charge is 2.56. The van der Waals surface area contributed by atoms with Crippen LogP contribution in [0.5, 0.6) is 5.75 Å². The zero-order valence-corrected chi connectivity index (χ0v) is 15.7. The lowest BCUT2D eigenvalue weighted by atomic mass is 10.0. The molecule has 0 aromatic heterocycles. The maximum absolute atomic E-state index is 12.7. The van der Waals surface area contributed by atoms with E-state index in [-0.39, 0.29) is 11.8 Å². The standard InChI is InChI=1S/C20H21ClN2O3/c1-12-8-13(2)10-15(9-12)23-19(25)20(6-7-20)18(24)22-14-4-5-17(26-3)16(21)11-14/h4-5,8-11H,6-7H2,1-3H3,(H,22,24)(H,23,25). The van der Waals surface area contributed by atoms with Gasteiger partial charge in [0.1, 0.15) is 11.2 Å². The van der Waals surface area contributed by atoms with Crippen LogP contribution in [0, 0.1) is 19.3 Å². The van der Waals surface area contributed by atoms with Gasteiger partial charge in [-0.05, 0) is 68.1 Å². The molecule has 0 unspecified atom stereocenters. The molecule has 26 heavy (non-hydrogen) atoms. The van der Waals surface area contributed by atoms with Crippen LogP contribution in [0.2, 0.25) is 5.02 Å². The van der Waals surface area contributed by atoms with Crippen molar-refractivity contribution < 1.29 is 14.3 Å². The van der Waals surface area contributed by atoms with Gasteiger partial charge in [-0.3, -0.25) is 9.59 Å². The van der Waals surface area contributed by atoms with Gasteiger partial charge in [0.2, 0.25) is 11.8 Å². The first-order valence-corrected chi connectivity index (χ1v) is 8.76. The molecule has 2 aromatic rings. The fourth-order valence-electron chi connectivity index (χ4n) is 2.97. The Balaban J connectivity index is 1.72. The summed E-state index contributed by atoms with van der Waals surface area (Å²) in [5.74, 6) is -0.0708. The number of rotatable bonds is 5. The molecular weight excluding hydrogens is 352 g/mol. The maximum atomic E-state index is 12.7. The van der Waals surface area contributed by atoms with Crippen molar-refractivity contribution in [2.75, 3.05) is 17.7 Å². The Hall–Kier alpha value is -2.53. The van der Waals surface area contributed by atoms with Crippen LogP contribution in [0.1, 0.15) is 24.0 Å². The summed E-state index contributed by atoms with van der Waals surface area (Å²) in [6.45, 7) is 3.94. The van der Waals surface area contributed by atoms with Gasteiger partial charge in [0.05, 0.1) is 12.1 Å². The highest BCUT2D eigenvalue weighted by Crippen LogP contribution is 2.47. The van der Waals surface area contributed by atoms with Gasteiger partial charge in [-0.2, -0.15) is 0 Å². The molecule has 2 aromatic carbocycles. The van der Waals surface area contributed by atoms with Crippen LogP contribution in [0.3, 0.4) is 0 Å². The van der Waals surface area contributed by atoms with Gasteiger partial charge in [0.25, 0.3) is 0 Å². The Morgan fingerprint density at radius 3 is 2.04 bits per heavy atom. The van der Waals surface area contributed by atoms with E-state index in [1.165, 1.54) is 7.11 Å². The lowest BCUT2D eigenvalue weighted by molar-refractivity contribution is -0.131. The number of nitrogens with one attached hydrogen (secondary N) is 2. The number of ether oxygens (including phenoxy) is 1. The first-order chi connectivity index (χ1) is 12.3. The summed E-state index contributed by atoms with van der Waals surface area (Å²) in [7, 11) is 1.52. The van der Waals surface area contributed by atoms with Crippen molar-refractivity contribution >= 4 is 34.8 Å². The number of halogens is 1. The lowest BCUT2D eigenvalue weighted by Crippen LogP contribution is -2.35. The Labute approximate surface area is 157 Å². The fourth-order valence-corrected chi connectivity index (χ4v) is 3.23. The van der Waals surface area contributed by atoms with Crippen molar-refractivity contribution in [3.63, 3.8) is 0 Å². The van der Waals surface area contributed by atoms with Crippen molar-refractivity contribution in [3.8, 4) is 5.75 Å². The predicted molar refractivity (Wildman–Crippen MR) is 103 cm³/mol. The molecule has 2 amide bonds. The molecule has 0 aliphatic heterocycles. The number of amides is 2. The maximum Gasteiger partial charge on any atom is 0.240 e. The number of aryl methyl sites for hydroxylation is 2.